The smallest absolute Gasteiger partial charge is 0.243 e. The summed E-state index contributed by atoms with van der Waals surface area (Å²) in [6, 6.07) is 1.84. The van der Waals surface area contributed by atoms with Crippen molar-refractivity contribution in [2.75, 3.05) is 18.0 Å². The van der Waals surface area contributed by atoms with E-state index in [1.807, 2.05) is 18.4 Å². The van der Waals surface area contributed by atoms with Gasteiger partial charge in [0.15, 0.2) is 0 Å². The van der Waals surface area contributed by atoms with Crippen LogP contribution >= 0.6 is 11.3 Å². The van der Waals surface area contributed by atoms with E-state index < -0.39 is 0 Å². The molecule has 1 amide bonds. The average molecular weight is 305 g/mol. The molecule has 1 aliphatic rings. The number of carbonyl (C=O) groups excluding carboxylic acids is 1. The van der Waals surface area contributed by atoms with Gasteiger partial charge in [0.05, 0.1) is 5.39 Å². The normalized spacial score (nSPS) is 19.9. The van der Waals surface area contributed by atoms with Crippen molar-refractivity contribution in [2.45, 2.75) is 31.8 Å². The Labute approximate surface area is 127 Å². The molecule has 2 atom stereocenters. The Bertz CT molecular complexity index is 643. The number of nitrogens with one attached hydrogen (secondary N) is 1. The van der Waals surface area contributed by atoms with Gasteiger partial charge in [0, 0.05) is 19.1 Å². The molecule has 3 heterocycles. The molecule has 0 aromatic carbocycles. The molecule has 7 heteroatoms. The number of anilines is 1. The lowest BCUT2D eigenvalue weighted by molar-refractivity contribution is -0.122. The maximum absolute atomic E-state index is 12.4. The van der Waals surface area contributed by atoms with E-state index in [0.717, 1.165) is 35.4 Å². The standard InChI is InChI=1S/C14H19N5OS/c1-9(7-15)18-13(20)11-3-2-5-19(11)12-10-4-6-21-14(10)17-8-16-12/h4,6,8-9,11H,2-3,5,7,15H2,1H3,(H,18,20)/t9-,11?/m0/s1. The number of amides is 1. The van der Waals surface area contributed by atoms with Crippen molar-refractivity contribution in [2.24, 2.45) is 5.73 Å². The molecule has 1 aliphatic heterocycles. The van der Waals surface area contributed by atoms with E-state index in [2.05, 4.69) is 20.2 Å². The lowest BCUT2D eigenvalue weighted by Crippen LogP contribution is -2.48. The summed E-state index contributed by atoms with van der Waals surface area (Å²) >= 11 is 1.59. The second kappa shape index (κ2) is 5.95. The number of thiophene rings is 1. The molecule has 3 N–H and O–H groups in total. The van der Waals surface area contributed by atoms with Gasteiger partial charge in [0.1, 0.15) is 23.0 Å². The maximum atomic E-state index is 12.4. The molecule has 1 saturated heterocycles. The van der Waals surface area contributed by atoms with Crippen LogP contribution in [0, 0.1) is 0 Å². The van der Waals surface area contributed by atoms with Gasteiger partial charge in [-0.1, -0.05) is 0 Å². The fourth-order valence-corrected chi connectivity index (χ4v) is 3.42. The van der Waals surface area contributed by atoms with Crippen molar-refractivity contribution in [3.05, 3.63) is 17.8 Å². The summed E-state index contributed by atoms with van der Waals surface area (Å²) in [6.45, 7) is 3.21. The van der Waals surface area contributed by atoms with Crippen molar-refractivity contribution < 1.29 is 4.79 Å². The van der Waals surface area contributed by atoms with Crippen LogP contribution in [0.5, 0.6) is 0 Å². The van der Waals surface area contributed by atoms with E-state index >= 15 is 0 Å². The van der Waals surface area contributed by atoms with E-state index in [0.29, 0.717) is 6.54 Å². The molecule has 0 saturated carbocycles. The van der Waals surface area contributed by atoms with Crippen LogP contribution in [0.4, 0.5) is 5.82 Å². The Kier molecular flexibility index (Phi) is 4.03. The van der Waals surface area contributed by atoms with Crippen LogP contribution in [0.2, 0.25) is 0 Å². The van der Waals surface area contributed by atoms with Gasteiger partial charge in [0.2, 0.25) is 5.91 Å². The van der Waals surface area contributed by atoms with E-state index in [1.54, 1.807) is 17.7 Å². The molecular formula is C14H19N5OS. The van der Waals surface area contributed by atoms with Crippen LogP contribution < -0.4 is 16.0 Å². The third kappa shape index (κ3) is 2.71. The predicted octanol–water partition coefficient (Wildman–Crippen LogP) is 1.12. The van der Waals surface area contributed by atoms with E-state index in [4.69, 9.17) is 5.73 Å². The summed E-state index contributed by atoms with van der Waals surface area (Å²) in [6.07, 6.45) is 3.41. The number of fused-ring (bicyclic) bond motifs is 1. The first-order chi connectivity index (χ1) is 10.2. The highest BCUT2D eigenvalue weighted by atomic mass is 32.1. The van der Waals surface area contributed by atoms with Crippen molar-refractivity contribution in [1.82, 2.24) is 15.3 Å². The van der Waals surface area contributed by atoms with Gasteiger partial charge < -0.3 is 16.0 Å². The average Bonchev–Trinajstić information content (AvgIpc) is 3.15. The number of rotatable bonds is 4. The molecule has 1 fully saturated rings. The minimum absolute atomic E-state index is 0.00786. The molecule has 0 radical (unpaired) electrons. The Morgan fingerprint density at radius 3 is 3.29 bits per heavy atom. The van der Waals surface area contributed by atoms with Crippen molar-refractivity contribution >= 4 is 33.3 Å². The maximum Gasteiger partial charge on any atom is 0.243 e. The number of nitrogens with zero attached hydrogens (tertiary/aromatic N) is 3. The summed E-state index contributed by atoms with van der Waals surface area (Å²) in [4.78, 5) is 24.2. The molecule has 21 heavy (non-hydrogen) atoms. The lowest BCUT2D eigenvalue weighted by atomic mass is 10.2. The van der Waals surface area contributed by atoms with Gasteiger partial charge in [-0.3, -0.25) is 4.79 Å². The van der Waals surface area contributed by atoms with E-state index in [1.165, 1.54) is 0 Å². The first-order valence-corrected chi connectivity index (χ1v) is 8.04. The molecule has 2 aromatic heterocycles. The van der Waals surface area contributed by atoms with Crippen LogP contribution in [0.15, 0.2) is 17.8 Å². The number of nitrogens with two attached hydrogens (primary N) is 1. The summed E-state index contributed by atoms with van der Waals surface area (Å²) in [5.41, 5.74) is 5.58. The van der Waals surface area contributed by atoms with Gasteiger partial charge in [0.25, 0.3) is 0 Å². The van der Waals surface area contributed by atoms with Crippen LogP contribution in [-0.2, 0) is 4.79 Å². The molecule has 6 nitrogen and oxygen atoms in total. The molecule has 0 bridgehead atoms. The lowest BCUT2D eigenvalue weighted by Gasteiger charge is -2.26. The SMILES string of the molecule is C[C@@H](CN)NC(=O)C1CCCN1c1ncnc2sccc12. The molecule has 1 unspecified atom stereocenters. The Hall–Kier alpha value is -1.73. The fourth-order valence-electron chi connectivity index (χ4n) is 2.70. The summed E-state index contributed by atoms with van der Waals surface area (Å²) in [5, 5.41) is 5.99. The summed E-state index contributed by atoms with van der Waals surface area (Å²) < 4.78 is 0. The Morgan fingerprint density at radius 1 is 1.62 bits per heavy atom. The number of carbonyl (C=O) groups is 1. The molecular weight excluding hydrogens is 286 g/mol. The van der Waals surface area contributed by atoms with E-state index in [-0.39, 0.29) is 18.0 Å². The van der Waals surface area contributed by atoms with Crippen LogP contribution in [0.25, 0.3) is 10.2 Å². The molecule has 2 aromatic rings. The second-order valence-corrected chi connectivity index (χ2v) is 6.23. The van der Waals surface area contributed by atoms with Crippen molar-refractivity contribution in [3.8, 4) is 0 Å². The van der Waals surface area contributed by atoms with Gasteiger partial charge in [-0.2, -0.15) is 0 Å². The van der Waals surface area contributed by atoms with Crippen molar-refractivity contribution in [1.29, 1.82) is 0 Å². The largest absolute Gasteiger partial charge is 0.351 e. The molecule has 3 rings (SSSR count). The first-order valence-electron chi connectivity index (χ1n) is 7.16. The third-order valence-electron chi connectivity index (χ3n) is 3.81. The predicted molar refractivity (Wildman–Crippen MR) is 84.4 cm³/mol. The third-order valence-corrected chi connectivity index (χ3v) is 4.63. The van der Waals surface area contributed by atoms with Crippen LogP contribution in [0.1, 0.15) is 19.8 Å². The fraction of sp³-hybridized carbons (Fsp3) is 0.500. The van der Waals surface area contributed by atoms with Gasteiger partial charge in [-0.05, 0) is 31.2 Å². The highest BCUT2D eigenvalue weighted by molar-refractivity contribution is 7.16. The quantitative estimate of drug-likeness (QED) is 0.884. The minimum atomic E-state index is -0.169. The van der Waals surface area contributed by atoms with Gasteiger partial charge in [-0.15, -0.1) is 11.3 Å². The summed E-state index contributed by atoms with van der Waals surface area (Å²) in [5.74, 6) is 0.895. The molecule has 0 aliphatic carbocycles. The monoisotopic (exact) mass is 305 g/mol. The van der Waals surface area contributed by atoms with Crippen LogP contribution in [-0.4, -0.2) is 41.0 Å². The number of hydrogen-bond acceptors (Lipinski definition) is 6. The molecule has 112 valence electrons. The second-order valence-electron chi connectivity index (χ2n) is 5.33. The van der Waals surface area contributed by atoms with Gasteiger partial charge >= 0.3 is 0 Å². The van der Waals surface area contributed by atoms with Crippen LogP contribution in [0.3, 0.4) is 0 Å². The molecule has 0 spiro atoms. The highest BCUT2D eigenvalue weighted by Crippen LogP contribution is 2.31. The summed E-state index contributed by atoms with van der Waals surface area (Å²) in [7, 11) is 0. The zero-order valence-corrected chi connectivity index (χ0v) is 12.8. The zero-order valence-electron chi connectivity index (χ0n) is 12.0. The first kappa shape index (κ1) is 14.2. The topological polar surface area (TPSA) is 84.1 Å². The van der Waals surface area contributed by atoms with E-state index in [9.17, 15) is 4.79 Å². The zero-order chi connectivity index (χ0) is 14.8. The number of aromatic nitrogens is 2. The Morgan fingerprint density at radius 2 is 2.48 bits per heavy atom. The Balaban J connectivity index is 1.87. The van der Waals surface area contributed by atoms with Gasteiger partial charge in [-0.25, -0.2) is 9.97 Å². The number of hydrogen-bond donors (Lipinski definition) is 2. The minimum Gasteiger partial charge on any atom is -0.351 e. The van der Waals surface area contributed by atoms with Crippen molar-refractivity contribution in [3.63, 3.8) is 0 Å². The highest BCUT2D eigenvalue weighted by Gasteiger charge is 2.33.